The zero-order valence-electron chi connectivity index (χ0n) is 10.0. The average Bonchev–Trinajstić information content (AvgIpc) is 2.17. The molecule has 98 valence electrons. The Labute approximate surface area is 109 Å². The van der Waals surface area contributed by atoms with Crippen LogP contribution < -0.4 is 10.5 Å². The van der Waals surface area contributed by atoms with Crippen molar-refractivity contribution in [3.05, 3.63) is 35.9 Å². The third-order valence-corrected chi connectivity index (χ3v) is 3.72. The highest BCUT2D eigenvalue weighted by Crippen LogP contribution is 2.08. The molecule has 0 aliphatic heterocycles. The summed E-state index contributed by atoms with van der Waals surface area (Å²) in [6, 6.07) is 9.06. The van der Waals surface area contributed by atoms with Crippen LogP contribution in [0.4, 0.5) is 0 Å². The number of sulfonamides is 1. The SMILES string of the molecule is CC(C)(CN)NS(=O)(=O)Cc1ccccc1.Cl. The van der Waals surface area contributed by atoms with Crippen LogP contribution in [0.25, 0.3) is 0 Å². The van der Waals surface area contributed by atoms with Crippen molar-refractivity contribution < 1.29 is 8.42 Å². The van der Waals surface area contributed by atoms with E-state index < -0.39 is 15.6 Å². The molecule has 6 heteroatoms. The Kier molecular flexibility index (Phi) is 6.12. The van der Waals surface area contributed by atoms with Gasteiger partial charge in [0.25, 0.3) is 0 Å². The van der Waals surface area contributed by atoms with E-state index in [4.69, 9.17) is 5.73 Å². The zero-order chi connectivity index (χ0) is 12.2. The fourth-order valence-electron chi connectivity index (χ4n) is 1.29. The molecule has 0 heterocycles. The van der Waals surface area contributed by atoms with Gasteiger partial charge in [-0.05, 0) is 19.4 Å². The van der Waals surface area contributed by atoms with E-state index >= 15 is 0 Å². The maximum Gasteiger partial charge on any atom is 0.216 e. The summed E-state index contributed by atoms with van der Waals surface area (Å²) < 4.78 is 26.2. The van der Waals surface area contributed by atoms with Crippen molar-refractivity contribution in [2.75, 3.05) is 6.54 Å². The molecule has 0 aromatic heterocycles. The summed E-state index contributed by atoms with van der Waals surface area (Å²) in [4.78, 5) is 0. The Morgan fingerprint density at radius 1 is 1.24 bits per heavy atom. The van der Waals surface area contributed by atoms with Gasteiger partial charge in [0.2, 0.25) is 10.0 Å². The zero-order valence-corrected chi connectivity index (χ0v) is 11.6. The molecule has 0 amide bonds. The molecular formula is C11H19ClN2O2S. The second-order valence-electron chi connectivity index (χ2n) is 4.43. The van der Waals surface area contributed by atoms with Crippen molar-refractivity contribution in [3.63, 3.8) is 0 Å². The van der Waals surface area contributed by atoms with E-state index in [-0.39, 0.29) is 24.7 Å². The van der Waals surface area contributed by atoms with Crippen LogP contribution in [0.3, 0.4) is 0 Å². The lowest BCUT2D eigenvalue weighted by Crippen LogP contribution is -2.49. The summed E-state index contributed by atoms with van der Waals surface area (Å²) in [7, 11) is -3.33. The summed E-state index contributed by atoms with van der Waals surface area (Å²) >= 11 is 0. The molecule has 4 nitrogen and oxygen atoms in total. The Morgan fingerprint density at radius 3 is 2.24 bits per heavy atom. The molecule has 0 aliphatic carbocycles. The Hall–Kier alpha value is -0.620. The molecule has 0 saturated heterocycles. The molecule has 0 atom stereocenters. The molecule has 17 heavy (non-hydrogen) atoms. The number of nitrogens with two attached hydrogens (primary N) is 1. The number of halogens is 1. The first-order valence-corrected chi connectivity index (χ1v) is 6.75. The average molecular weight is 279 g/mol. The van der Waals surface area contributed by atoms with Crippen molar-refractivity contribution in [1.82, 2.24) is 4.72 Å². The third kappa shape index (κ3) is 6.02. The highest BCUT2D eigenvalue weighted by atomic mass is 35.5. The predicted molar refractivity (Wildman–Crippen MR) is 72.6 cm³/mol. The Morgan fingerprint density at radius 2 is 1.76 bits per heavy atom. The molecule has 0 bridgehead atoms. The lowest BCUT2D eigenvalue weighted by atomic mass is 10.1. The number of rotatable bonds is 5. The smallest absolute Gasteiger partial charge is 0.216 e. The molecule has 0 fully saturated rings. The molecular weight excluding hydrogens is 260 g/mol. The van der Waals surface area contributed by atoms with Crippen molar-refractivity contribution in [3.8, 4) is 0 Å². The summed E-state index contributed by atoms with van der Waals surface area (Å²) in [6.07, 6.45) is 0. The second-order valence-corrected chi connectivity index (χ2v) is 6.16. The Bertz CT molecular complexity index is 432. The molecule has 0 radical (unpaired) electrons. The minimum absolute atomic E-state index is 0. The monoisotopic (exact) mass is 278 g/mol. The summed E-state index contributed by atoms with van der Waals surface area (Å²) in [5.74, 6) is -0.0166. The fourth-order valence-corrected chi connectivity index (χ4v) is 2.92. The van der Waals surface area contributed by atoms with Crippen LogP contribution >= 0.6 is 12.4 Å². The highest BCUT2D eigenvalue weighted by Gasteiger charge is 2.23. The molecule has 1 aromatic carbocycles. The van der Waals surface area contributed by atoms with Crippen LogP contribution in [0.1, 0.15) is 19.4 Å². The van der Waals surface area contributed by atoms with E-state index in [1.54, 1.807) is 26.0 Å². The third-order valence-electron chi connectivity index (χ3n) is 2.14. The second kappa shape index (κ2) is 6.35. The van der Waals surface area contributed by atoms with E-state index in [0.29, 0.717) is 0 Å². The summed E-state index contributed by atoms with van der Waals surface area (Å²) in [5, 5.41) is 0. The molecule has 1 aromatic rings. The Balaban J connectivity index is 0.00000256. The maximum atomic E-state index is 11.8. The number of hydrogen-bond donors (Lipinski definition) is 2. The van der Waals surface area contributed by atoms with Crippen molar-refractivity contribution in [1.29, 1.82) is 0 Å². The van der Waals surface area contributed by atoms with Gasteiger partial charge in [0.1, 0.15) is 0 Å². The van der Waals surface area contributed by atoms with Crippen LogP contribution in [-0.4, -0.2) is 20.5 Å². The molecule has 0 saturated carbocycles. The van der Waals surface area contributed by atoms with E-state index in [1.165, 1.54) is 0 Å². The quantitative estimate of drug-likeness (QED) is 0.852. The minimum atomic E-state index is -3.33. The van der Waals surface area contributed by atoms with Gasteiger partial charge >= 0.3 is 0 Å². The molecule has 0 unspecified atom stereocenters. The van der Waals surface area contributed by atoms with Crippen molar-refractivity contribution in [2.24, 2.45) is 5.73 Å². The van der Waals surface area contributed by atoms with Gasteiger partial charge in [-0.1, -0.05) is 30.3 Å². The summed E-state index contributed by atoms with van der Waals surface area (Å²) in [6.45, 7) is 3.78. The van der Waals surface area contributed by atoms with Crippen LogP contribution in [0, 0.1) is 0 Å². The standard InChI is InChI=1S/C11H18N2O2S.ClH/c1-11(2,9-12)13-16(14,15)8-10-6-4-3-5-7-10;/h3-7,13H,8-9,12H2,1-2H3;1H. The van der Waals surface area contributed by atoms with E-state index in [9.17, 15) is 8.42 Å². The first-order chi connectivity index (χ1) is 7.35. The number of nitrogens with one attached hydrogen (secondary N) is 1. The van der Waals surface area contributed by atoms with Gasteiger partial charge in [-0.3, -0.25) is 0 Å². The van der Waals surface area contributed by atoms with Gasteiger partial charge in [0.15, 0.2) is 0 Å². The first-order valence-electron chi connectivity index (χ1n) is 5.10. The van der Waals surface area contributed by atoms with E-state index in [0.717, 1.165) is 5.56 Å². The largest absolute Gasteiger partial charge is 0.329 e. The first kappa shape index (κ1) is 16.4. The van der Waals surface area contributed by atoms with Crippen LogP contribution in [0.2, 0.25) is 0 Å². The maximum absolute atomic E-state index is 11.8. The summed E-state index contributed by atoms with van der Waals surface area (Å²) in [5.41, 5.74) is 5.64. The van der Waals surface area contributed by atoms with E-state index in [1.807, 2.05) is 18.2 Å². The number of hydrogen-bond acceptors (Lipinski definition) is 3. The van der Waals surface area contributed by atoms with E-state index in [2.05, 4.69) is 4.72 Å². The van der Waals surface area contributed by atoms with Gasteiger partial charge in [0.05, 0.1) is 5.75 Å². The van der Waals surface area contributed by atoms with Crippen LogP contribution in [0.5, 0.6) is 0 Å². The predicted octanol–water partition coefficient (Wildman–Crippen LogP) is 1.27. The van der Waals surface area contributed by atoms with Crippen molar-refractivity contribution >= 4 is 22.4 Å². The topological polar surface area (TPSA) is 72.2 Å². The number of benzene rings is 1. The van der Waals surface area contributed by atoms with Gasteiger partial charge in [-0.2, -0.15) is 0 Å². The minimum Gasteiger partial charge on any atom is -0.329 e. The van der Waals surface area contributed by atoms with Gasteiger partial charge in [-0.25, -0.2) is 13.1 Å². The van der Waals surface area contributed by atoms with Crippen LogP contribution in [0.15, 0.2) is 30.3 Å². The van der Waals surface area contributed by atoms with Gasteiger partial charge in [0, 0.05) is 12.1 Å². The molecule has 0 spiro atoms. The normalized spacial score (nSPS) is 11.9. The molecule has 3 N–H and O–H groups in total. The lowest BCUT2D eigenvalue weighted by Gasteiger charge is -2.23. The highest BCUT2D eigenvalue weighted by molar-refractivity contribution is 7.88. The van der Waals surface area contributed by atoms with Gasteiger partial charge < -0.3 is 5.73 Å². The molecule has 0 aliphatic rings. The van der Waals surface area contributed by atoms with Gasteiger partial charge in [-0.15, -0.1) is 12.4 Å². The fraction of sp³-hybridized carbons (Fsp3) is 0.455. The molecule has 1 rings (SSSR count). The lowest BCUT2D eigenvalue weighted by molar-refractivity contribution is 0.462. The van der Waals surface area contributed by atoms with Crippen LogP contribution in [-0.2, 0) is 15.8 Å². The van der Waals surface area contributed by atoms with Crippen molar-refractivity contribution in [2.45, 2.75) is 25.1 Å².